The van der Waals surface area contributed by atoms with E-state index in [9.17, 15) is 9.59 Å². The number of nitrogens with zero attached hydrogens (tertiary/aromatic N) is 1. The van der Waals surface area contributed by atoms with Crippen molar-refractivity contribution in [1.29, 1.82) is 0 Å². The van der Waals surface area contributed by atoms with Crippen molar-refractivity contribution in [2.75, 3.05) is 26.8 Å². The SMILES string of the molecule is CCC1CCCCN1C(=O)C(C)(C)C(=O)NCCOC. The van der Waals surface area contributed by atoms with Crippen LogP contribution in [0.1, 0.15) is 46.5 Å². The molecule has 1 aliphatic heterocycles. The second kappa shape index (κ2) is 7.62. The van der Waals surface area contributed by atoms with Gasteiger partial charge in [-0.3, -0.25) is 9.59 Å². The summed E-state index contributed by atoms with van der Waals surface area (Å²) in [5.41, 5.74) is -1.02. The molecule has 1 saturated heterocycles. The first kappa shape index (κ1) is 17.0. The van der Waals surface area contributed by atoms with Gasteiger partial charge in [0.15, 0.2) is 0 Å². The summed E-state index contributed by atoms with van der Waals surface area (Å²) in [5.74, 6) is -0.279. The van der Waals surface area contributed by atoms with Crippen molar-refractivity contribution in [1.82, 2.24) is 10.2 Å². The first-order valence-electron chi connectivity index (χ1n) is 7.53. The van der Waals surface area contributed by atoms with Crippen LogP contribution in [0.25, 0.3) is 0 Å². The largest absolute Gasteiger partial charge is 0.383 e. The van der Waals surface area contributed by atoms with Crippen molar-refractivity contribution in [2.24, 2.45) is 5.41 Å². The van der Waals surface area contributed by atoms with Crippen LogP contribution in [-0.4, -0.2) is 49.6 Å². The first-order chi connectivity index (χ1) is 9.45. The third kappa shape index (κ3) is 3.95. The standard InChI is InChI=1S/C15H28N2O3/c1-5-12-8-6-7-10-17(12)14(19)15(2,3)13(18)16-9-11-20-4/h12H,5-11H2,1-4H3,(H,16,18). The van der Waals surface area contributed by atoms with Crippen molar-refractivity contribution >= 4 is 11.8 Å². The van der Waals surface area contributed by atoms with E-state index in [-0.39, 0.29) is 17.9 Å². The average molecular weight is 284 g/mol. The molecule has 0 aromatic rings. The normalized spacial score (nSPS) is 19.8. The Morgan fingerprint density at radius 1 is 1.35 bits per heavy atom. The van der Waals surface area contributed by atoms with E-state index >= 15 is 0 Å². The molecule has 0 aromatic heterocycles. The van der Waals surface area contributed by atoms with Crippen LogP contribution in [0.4, 0.5) is 0 Å². The number of ether oxygens (including phenoxy) is 1. The molecule has 5 nitrogen and oxygen atoms in total. The van der Waals surface area contributed by atoms with E-state index in [0.717, 1.165) is 25.8 Å². The average Bonchev–Trinajstić information content (AvgIpc) is 2.46. The molecule has 0 spiro atoms. The number of carbonyl (C=O) groups excluding carboxylic acids is 2. The zero-order valence-corrected chi connectivity index (χ0v) is 13.2. The fraction of sp³-hybridized carbons (Fsp3) is 0.867. The predicted molar refractivity (Wildman–Crippen MR) is 78.3 cm³/mol. The minimum atomic E-state index is -1.02. The Morgan fingerprint density at radius 3 is 2.65 bits per heavy atom. The minimum Gasteiger partial charge on any atom is -0.383 e. The van der Waals surface area contributed by atoms with E-state index in [2.05, 4.69) is 12.2 Å². The lowest BCUT2D eigenvalue weighted by atomic mass is 9.87. The maximum Gasteiger partial charge on any atom is 0.237 e. The number of piperidine rings is 1. The van der Waals surface area contributed by atoms with E-state index in [4.69, 9.17) is 4.74 Å². The fourth-order valence-electron chi connectivity index (χ4n) is 2.64. The monoisotopic (exact) mass is 284 g/mol. The molecule has 0 bridgehead atoms. The highest BCUT2D eigenvalue weighted by atomic mass is 16.5. The Morgan fingerprint density at radius 2 is 2.05 bits per heavy atom. The number of nitrogens with one attached hydrogen (secondary N) is 1. The van der Waals surface area contributed by atoms with Gasteiger partial charge < -0.3 is 15.0 Å². The van der Waals surface area contributed by atoms with Crippen LogP contribution in [0.5, 0.6) is 0 Å². The summed E-state index contributed by atoms with van der Waals surface area (Å²) in [5, 5.41) is 2.77. The molecule has 1 atom stereocenters. The molecule has 1 rings (SSSR count). The van der Waals surface area contributed by atoms with Gasteiger partial charge in [0.25, 0.3) is 0 Å². The maximum absolute atomic E-state index is 12.7. The highest BCUT2D eigenvalue weighted by Crippen LogP contribution is 2.26. The van der Waals surface area contributed by atoms with E-state index in [1.807, 2.05) is 4.90 Å². The van der Waals surface area contributed by atoms with Gasteiger partial charge >= 0.3 is 0 Å². The van der Waals surface area contributed by atoms with Crippen LogP contribution in [-0.2, 0) is 14.3 Å². The van der Waals surface area contributed by atoms with Crippen LogP contribution >= 0.6 is 0 Å². The number of rotatable bonds is 6. The zero-order chi connectivity index (χ0) is 15.2. The molecule has 0 aliphatic carbocycles. The number of hydrogen-bond donors (Lipinski definition) is 1. The van der Waals surface area contributed by atoms with Gasteiger partial charge in [-0.15, -0.1) is 0 Å². The second-order valence-electron chi connectivity index (χ2n) is 5.93. The number of carbonyl (C=O) groups is 2. The van der Waals surface area contributed by atoms with Gasteiger partial charge in [-0.25, -0.2) is 0 Å². The molecular weight excluding hydrogens is 256 g/mol. The van der Waals surface area contributed by atoms with Gasteiger partial charge in [-0.1, -0.05) is 6.92 Å². The van der Waals surface area contributed by atoms with Crippen LogP contribution in [0, 0.1) is 5.41 Å². The summed E-state index contributed by atoms with van der Waals surface area (Å²) in [6.07, 6.45) is 4.20. The van der Waals surface area contributed by atoms with Gasteiger partial charge in [0, 0.05) is 26.2 Å². The summed E-state index contributed by atoms with van der Waals surface area (Å²) in [7, 11) is 1.59. The summed E-state index contributed by atoms with van der Waals surface area (Å²) < 4.78 is 4.91. The van der Waals surface area contributed by atoms with Gasteiger partial charge in [-0.2, -0.15) is 0 Å². The van der Waals surface area contributed by atoms with Gasteiger partial charge in [0.1, 0.15) is 5.41 Å². The summed E-state index contributed by atoms with van der Waals surface area (Å²) in [6, 6.07) is 0.280. The Kier molecular flexibility index (Phi) is 6.46. The Bertz CT molecular complexity index is 342. The molecule has 2 amide bonds. The Labute approximate surface area is 122 Å². The lowest BCUT2D eigenvalue weighted by molar-refractivity contribution is -0.151. The van der Waals surface area contributed by atoms with Crippen LogP contribution in [0.2, 0.25) is 0 Å². The molecule has 0 saturated carbocycles. The highest BCUT2D eigenvalue weighted by Gasteiger charge is 2.41. The topological polar surface area (TPSA) is 58.6 Å². The van der Waals surface area contributed by atoms with E-state index in [0.29, 0.717) is 13.2 Å². The number of likely N-dealkylation sites (tertiary alicyclic amines) is 1. The van der Waals surface area contributed by atoms with Gasteiger partial charge in [0.2, 0.25) is 11.8 Å². The van der Waals surface area contributed by atoms with Crippen LogP contribution in [0.3, 0.4) is 0 Å². The Balaban J connectivity index is 2.69. The fourth-order valence-corrected chi connectivity index (χ4v) is 2.64. The molecule has 20 heavy (non-hydrogen) atoms. The second-order valence-corrected chi connectivity index (χ2v) is 5.93. The lowest BCUT2D eigenvalue weighted by Crippen LogP contribution is -2.54. The lowest BCUT2D eigenvalue weighted by Gasteiger charge is -2.39. The molecule has 5 heteroatoms. The quantitative estimate of drug-likeness (QED) is 0.595. The molecule has 1 heterocycles. The van der Waals surface area contributed by atoms with E-state index < -0.39 is 5.41 Å². The van der Waals surface area contributed by atoms with Crippen LogP contribution < -0.4 is 5.32 Å². The number of hydrogen-bond acceptors (Lipinski definition) is 3. The third-order valence-corrected chi connectivity index (χ3v) is 4.05. The zero-order valence-electron chi connectivity index (χ0n) is 13.2. The van der Waals surface area contributed by atoms with Crippen molar-refractivity contribution in [3.8, 4) is 0 Å². The molecular formula is C15H28N2O3. The minimum absolute atomic E-state index is 0.0565. The van der Waals surface area contributed by atoms with Crippen molar-refractivity contribution in [3.05, 3.63) is 0 Å². The first-order valence-corrected chi connectivity index (χ1v) is 7.53. The molecule has 1 N–H and O–H groups in total. The molecule has 116 valence electrons. The van der Waals surface area contributed by atoms with Crippen molar-refractivity contribution in [2.45, 2.75) is 52.5 Å². The summed E-state index contributed by atoms with van der Waals surface area (Å²) in [6.45, 7) is 7.17. The number of methoxy groups -OCH3 is 1. The smallest absolute Gasteiger partial charge is 0.237 e. The molecule has 0 radical (unpaired) electrons. The molecule has 1 fully saturated rings. The van der Waals surface area contributed by atoms with Gasteiger partial charge in [0.05, 0.1) is 6.61 Å². The van der Waals surface area contributed by atoms with Crippen molar-refractivity contribution in [3.63, 3.8) is 0 Å². The third-order valence-electron chi connectivity index (χ3n) is 4.05. The van der Waals surface area contributed by atoms with Gasteiger partial charge in [-0.05, 0) is 39.5 Å². The van der Waals surface area contributed by atoms with E-state index in [1.54, 1.807) is 21.0 Å². The van der Waals surface area contributed by atoms with E-state index in [1.165, 1.54) is 6.42 Å². The number of amides is 2. The maximum atomic E-state index is 12.7. The predicted octanol–water partition coefficient (Wildman–Crippen LogP) is 1.57. The molecule has 1 unspecified atom stereocenters. The Hall–Kier alpha value is -1.10. The summed E-state index contributed by atoms with van der Waals surface area (Å²) in [4.78, 5) is 26.8. The molecule has 1 aliphatic rings. The molecule has 0 aromatic carbocycles. The van der Waals surface area contributed by atoms with Crippen LogP contribution in [0.15, 0.2) is 0 Å². The highest BCUT2D eigenvalue weighted by molar-refractivity contribution is 6.04. The van der Waals surface area contributed by atoms with Crippen molar-refractivity contribution < 1.29 is 14.3 Å². The summed E-state index contributed by atoms with van der Waals surface area (Å²) >= 11 is 0.